The third-order valence-corrected chi connectivity index (χ3v) is 3.79. The van der Waals surface area contributed by atoms with Crippen LogP contribution in [-0.4, -0.2) is 44.9 Å². The van der Waals surface area contributed by atoms with Crippen LogP contribution >= 0.6 is 11.3 Å². The quantitative estimate of drug-likeness (QED) is 0.514. The number of nitrogens with one attached hydrogen (secondary N) is 3. The SMILES string of the molecule is CS(=O)(=O)NCCNC(=O)NC(C(=O)O)c1cccs1. The molecule has 112 valence electrons. The fraction of sp³-hybridized carbons (Fsp3) is 0.400. The second-order valence-corrected chi connectivity index (χ2v) is 6.67. The van der Waals surface area contributed by atoms with Crippen LogP contribution in [0.5, 0.6) is 0 Å². The average Bonchev–Trinajstić information content (AvgIpc) is 2.83. The summed E-state index contributed by atoms with van der Waals surface area (Å²) in [6.07, 6.45) is 1.00. The smallest absolute Gasteiger partial charge is 0.331 e. The Hall–Kier alpha value is -1.65. The van der Waals surface area contributed by atoms with E-state index in [9.17, 15) is 18.0 Å². The first kappa shape index (κ1) is 16.4. The molecule has 0 aromatic carbocycles. The van der Waals surface area contributed by atoms with Crippen LogP contribution in [0.2, 0.25) is 0 Å². The maximum Gasteiger partial charge on any atom is 0.331 e. The summed E-state index contributed by atoms with van der Waals surface area (Å²) in [7, 11) is -3.31. The lowest BCUT2D eigenvalue weighted by Crippen LogP contribution is -2.43. The first-order chi connectivity index (χ1) is 9.29. The average molecular weight is 321 g/mol. The van der Waals surface area contributed by atoms with Crippen molar-refractivity contribution in [3.8, 4) is 0 Å². The molecule has 10 heteroatoms. The maximum absolute atomic E-state index is 11.5. The molecule has 1 aromatic heterocycles. The van der Waals surface area contributed by atoms with Crippen LogP contribution in [0.3, 0.4) is 0 Å². The van der Waals surface area contributed by atoms with Crippen molar-refractivity contribution in [1.82, 2.24) is 15.4 Å². The molecule has 0 spiro atoms. The van der Waals surface area contributed by atoms with E-state index in [4.69, 9.17) is 5.11 Å². The highest BCUT2D eigenvalue weighted by molar-refractivity contribution is 7.88. The fourth-order valence-corrected chi connectivity index (χ4v) is 2.54. The minimum atomic E-state index is -3.31. The van der Waals surface area contributed by atoms with E-state index in [0.29, 0.717) is 4.88 Å². The van der Waals surface area contributed by atoms with E-state index in [2.05, 4.69) is 15.4 Å². The lowest BCUT2D eigenvalue weighted by molar-refractivity contribution is -0.139. The van der Waals surface area contributed by atoms with Gasteiger partial charge in [0.15, 0.2) is 6.04 Å². The Bertz CT molecular complexity index is 555. The molecule has 0 aliphatic heterocycles. The summed E-state index contributed by atoms with van der Waals surface area (Å²) in [5.74, 6) is -1.17. The lowest BCUT2D eigenvalue weighted by atomic mass is 10.2. The Morgan fingerprint density at radius 1 is 1.40 bits per heavy atom. The molecule has 1 aromatic rings. The highest BCUT2D eigenvalue weighted by atomic mass is 32.2. The number of urea groups is 1. The van der Waals surface area contributed by atoms with Gasteiger partial charge in [-0.2, -0.15) is 0 Å². The zero-order valence-electron chi connectivity index (χ0n) is 10.6. The summed E-state index contributed by atoms with van der Waals surface area (Å²) in [5.41, 5.74) is 0. The molecule has 0 saturated heterocycles. The number of thiophene rings is 1. The minimum absolute atomic E-state index is 0.0307. The molecule has 1 unspecified atom stereocenters. The molecule has 1 rings (SSSR count). The van der Waals surface area contributed by atoms with Gasteiger partial charge in [0.25, 0.3) is 0 Å². The summed E-state index contributed by atoms with van der Waals surface area (Å²) in [5, 5.41) is 15.4. The van der Waals surface area contributed by atoms with E-state index < -0.39 is 28.1 Å². The zero-order chi connectivity index (χ0) is 15.2. The van der Waals surface area contributed by atoms with Crippen LogP contribution in [0.1, 0.15) is 10.9 Å². The van der Waals surface area contributed by atoms with Crippen molar-refractivity contribution < 1.29 is 23.1 Å². The van der Waals surface area contributed by atoms with Gasteiger partial charge in [-0.1, -0.05) is 6.07 Å². The Kier molecular flexibility index (Phi) is 5.92. The summed E-state index contributed by atoms with van der Waals surface area (Å²) in [4.78, 5) is 23.1. The molecule has 2 amide bonds. The van der Waals surface area contributed by atoms with Crippen molar-refractivity contribution in [2.24, 2.45) is 0 Å². The van der Waals surface area contributed by atoms with Crippen LogP contribution in [-0.2, 0) is 14.8 Å². The molecule has 4 N–H and O–H groups in total. The normalized spacial score (nSPS) is 12.7. The first-order valence-corrected chi connectivity index (χ1v) is 8.32. The predicted octanol–water partition coefficient (Wildman–Crippen LogP) is -0.278. The Morgan fingerprint density at radius 2 is 2.10 bits per heavy atom. The zero-order valence-corrected chi connectivity index (χ0v) is 12.3. The van der Waals surface area contributed by atoms with Crippen LogP contribution in [0.4, 0.5) is 4.79 Å². The van der Waals surface area contributed by atoms with Gasteiger partial charge in [-0.15, -0.1) is 11.3 Å². The summed E-state index contributed by atoms with van der Waals surface area (Å²) >= 11 is 1.22. The number of amides is 2. The molecular weight excluding hydrogens is 306 g/mol. The number of carbonyl (C=O) groups excluding carboxylic acids is 1. The maximum atomic E-state index is 11.5. The highest BCUT2D eigenvalue weighted by Crippen LogP contribution is 2.18. The largest absolute Gasteiger partial charge is 0.479 e. The number of hydrogen-bond acceptors (Lipinski definition) is 5. The molecule has 0 aliphatic carbocycles. The number of carbonyl (C=O) groups is 2. The van der Waals surface area contributed by atoms with Gasteiger partial charge >= 0.3 is 12.0 Å². The molecule has 0 bridgehead atoms. The van der Waals surface area contributed by atoms with Crippen molar-refractivity contribution in [3.63, 3.8) is 0 Å². The Balaban J connectivity index is 2.42. The molecule has 0 saturated carbocycles. The van der Waals surface area contributed by atoms with Gasteiger partial charge in [0, 0.05) is 18.0 Å². The van der Waals surface area contributed by atoms with Crippen LogP contribution in [0, 0.1) is 0 Å². The van der Waals surface area contributed by atoms with Gasteiger partial charge in [-0.3, -0.25) is 0 Å². The number of carboxylic acid groups (broad SMARTS) is 1. The third kappa shape index (κ3) is 5.99. The second kappa shape index (κ2) is 7.22. The molecule has 0 aliphatic rings. The van der Waals surface area contributed by atoms with E-state index in [-0.39, 0.29) is 13.1 Å². The van der Waals surface area contributed by atoms with E-state index in [0.717, 1.165) is 6.26 Å². The van der Waals surface area contributed by atoms with Gasteiger partial charge in [0.2, 0.25) is 10.0 Å². The van der Waals surface area contributed by atoms with Crippen LogP contribution in [0.15, 0.2) is 17.5 Å². The van der Waals surface area contributed by atoms with Gasteiger partial charge in [0.05, 0.1) is 6.26 Å². The Labute approximate surface area is 120 Å². The van der Waals surface area contributed by atoms with E-state index in [1.54, 1.807) is 17.5 Å². The predicted molar refractivity (Wildman–Crippen MR) is 74.1 cm³/mol. The van der Waals surface area contributed by atoms with Crippen molar-refractivity contribution in [2.45, 2.75) is 6.04 Å². The monoisotopic (exact) mass is 321 g/mol. The summed E-state index contributed by atoms with van der Waals surface area (Å²) < 4.78 is 23.8. The van der Waals surface area contributed by atoms with Gasteiger partial charge in [0.1, 0.15) is 0 Å². The molecule has 1 atom stereocenters. The number of rotatable bonds is 7. The third-order valence-electron chi connectivity index (χ3n) is 2.12. The fourth-order valence-electron chi connectivity index (χ4n) is 1.30. The number of aliphatic carboxylic acids is 1. The van der Waals surface area contributed by atoms with Crippen molar-refractivity contribution >= 4 is 33.4 Å². The van der Waals surface area contributed by atoms with Crippen LogP contribution in [0.25, 0.3) is 0 Å². The van der Waals surface area contributed by atoms with Gasteiger partial charge < -0.3 is 15.7 Å². The minimum Gasteiger partial charge on any atom is -0.479 e. The van der Waals surface area contributed by atoms with Crippen molar-refractivity contribution in [3.05, 3.63) is 22.4 Å². The number of carboxylic acids is 1. The summed E-state index contributed by atoms with van der Waals surface area (Å²) in [6.45, 7) is 0.0820. The topological polar surface area (TPSA) is 125 Å². The molecule has 0 fully saturated rings. The Morgan fingerprint density at radius 3 is 2.60 bits per heavy atom. The highest BCUT2D eigenvalue weighted by Gasteiger charge is 2.22. The van der Waals surface area contributed by atoms with E-state index >= 15 is 0 Å². The summed E-state index contributed by atoms with van der Waals surface area (Å²) in [6, 6.07) is 1.49. The van der Waals surface area contributed by atoms with Gasteiger partial charge in [-0.25, -0.2) is 22.7 Å². The number of sulfonamides is 1. The number of hydrogen-bond donors (Lipinski definition) is 4. The molecule has 1 heterocycles. The van der Waals surface area contributed by atoms with Gasteiger partial charge in [-0.05, 0) is 11.4 Å². The first-order valence-electron chi connectivity index (χ1n) is 5.55. The van der Waals surface area contributed by atoms with Crippen molar-refractivity contribution in [1.29, 1.82) is 0 Å². The molecule has 0 radical (unpaired) electrons. The van der Waals surface area contributed by atoms with E-state index in [1.165, 1.54) is 11.3 Å². The standard InChI is InChI=1S/C10H15N3O5S2/c1-20(17,18)12-5-4-11-10(16)13-8(9(14)15)7-3-2-6-19-7/h2-3,6,8,12H,4-5H2,1H3,(H,14,15)(H2,11,13,16). The molecule has 8 nitrogen and oxygen atoms in total. The lowest BCUT2D eigenvalue weighted by Gasteiger charge is -2.13. The molecule has 20 heavy (non-hydrogen) atoms. The van der Waals surface area contributed by atoms with E-state index in [1.807, 2.05) is 0 Å². The van der Waals surface area contributed by atoms with Crippen molar-refractivity contribution in [2.75, 3.05) is 19.3 Å². The molecular formula is C10H15N3O5S2. The second-order valence-electron chi connectivity index (χ2n) is 3.85. The van der Waals surface area contributed by atoms with Crippen LogP contribution < -0.4 is 15.4 Å².